The molecule has 0 spiro atoms. The van der Waals surface area contributed by atoms with Gasteiger partial charge in [0.1, 0.15) is 5.82 Å². The molecule has 1 unspecified atom stereocenters. The van der Waals surface area contributed by atoms with Crippen LogP contribution in [0.3, 0.4) is 0 Å². The Balaban J connectivity index is 2.90. The molecule has 0 radical (unpaired) electrons. The van der Waals surface area contributed by atoms with Gasteiger partial charge in [-0.25, -0.2) is 4.39 Å². The van der Waals surface area contributed by atoms with E-state index in [1.165, 1.54) is 5.56 Å². The first kappa shape index (κ1) is 11.2. The van der Waals surface area contributed by atoms with Gasteiger partial charge >= 0.3 is 0 Å². The van der Waals surface area contributed by atoms with Crippen molar-refractivity contribution in [2.45, 2.75) is 40.0 Å². The Morgan fingerprint density at radius 2 is 2.00 bits per heavy atom. The van der Waals surface area contributed by atoms with Crippen molar-refractivity contribution in [2.75, 3.05) is 0 Å². The molecule has 0 aliphatic rings. The van der Waals surface area contributed by atoms with E-state index >= 15 is 0 Å². The summed E-state index contributed by atoms with van der Waals surface area (Å²) in [5.41, 5.74) is 2.08. The van der Waals surface area contributed by atoms with E-state index in [0.717, 1.165) is 24.8 Å². The lowest BCUT2D eigenvalue weighted by molar-refractivity contribution is 0.549. The summed E-state index contributed by atoms with van der Waals surface area (Å²) in [5, 5.41) is 0. The van der Waals surface area contributed by atoms with Gasteiger partial charge in [-0.2, -0.15) is 0 Å². The molecule has 0 aromatic heterocycles. The maximum atomic E-state index is 13.4. The zero-order chi connectivity index (χ0) is 10.6. The lowest BCUT2D eigenvalue weighted by Gasteiger charge is -2.12. The van der Waals surface area contributed by atoms with Gasteiger partial charge in [-0.1, -0.05) is 39.3 Å². The van der Waals surface area contributed by atoms with Crippen molar-refractivity contribution in [3.05, 3.63) is 35.1 Å². The first-order valence-corrected chi connectivity index (χ1v) is 5.45. The summed E-state index contributed by atoms with van der Waals surface area (Å²) in [6.07, 6.45) is 2.94. The Hall–Kier alpha value is -0.850. The number of rotatable bonds is 4. The molecule has 0 fully saturated rings. The molecule has 1 aromatic rings. The molecule has 0 saturated heterocycles. The number of hydrogen-bond donors (Lipinski definition) is 0. The molecule has 0 aliphatic heterocycles. The predicted molar refractivity (Wildman–Crippen MR) is 58.9 cm³/mol. The summed E-state index contributed by atoms with van der Waals surface area (Å²) in [4.78, 5) is 0. The highest BCUT2D eigenvalue weighted by Gasteiger charge is 2.08. The van der Waals surface area contributed by atoms with Gasteiger partial charge in [-0.15, -0.1) is 0 Å². The molecule has 0 nitrogen and oxygen atoms in total. The Bertz CT molecular complexity index is 291. The first-order valence-electron chi connectivity index (χ1n) is 5.45. The average Bonchev–Trinajstić information content (AvgIpc) is 2.18. The van der Waals surface area contributed by atoms with Crippen LogP contribution in [0.5, 0.6) is 0 Å². The average molecular weight is 194 g/mol. The minimum absolute atomic E-state index is 0.0479. The fraction of sp³-hybridized carbons (Fsp3) is 0.538. The summed E-state index contributed by atoms with van der Waals surface area (Å²) >= 11 is 0. The zero-order valence-electron chi connectivity index (χ0n) is 9.31. The zero-order valence-corrected chi connectivity index (χ0v) is 9.31. The fourth-order valence-corrected chi connectivity index (χ4v) is 1.71. The molecule has 78 valence electrons. The van der Waals surface area contributed by atoms with Gasteiger partial charge in [-0.3, -0.25) is 0 Å². The van der Waals surface area contributed by atoms with E-state index in [9.17, 15) is 4.39 Å². The van der Waals surface area contributed by atoms with Crippen molar-refractivity contribution in [1.82, 2.24) is 0 Å². The second-order valence-corrected chi connectivity index (χ2v) is 3.95. The van der Waals surface area contributed by atoms with Crippen LogP contribution in [0.4, 0.5) is 4.39 Å². The monoisotopic (exact) mass is 194 g/mol. The van der Waals surface area contributed by atoms with Crippen LogP contribution < -0.4 is 0 Å². The normalized spacial score (nSPS) is 12.9. The van der Waals surface area contributed by atoms with Crippen LogP contribution in [-0.4, -0.2) is 0 Å². The lowest BCUT2D eigenvalue weighted by atomic mass is 9.94. The van der Waals surface area contributed by atoms with Gasteiger partial charge in [-0.05, 0) is 36.0 Å². The van der Waals surface area contributed by atoms with E-state index in [4.69, 9.17) is 0 Å². The van der Waals surface area contributed by atoms with Crippen LogP contribution in [-0.2, 0) is 12.8 Å². The molecule has 0 saturated carbocycles. The van der Waals surface area contributed by atoms with Gasteiger partial charge in [0.25, 0.3) is 0 Å². The number of benzene rings is 1. The van der Waals surface area contributed by atoms with Crippen LogP contribution in [0.15, 0.2) is 18.2 Å². The van der Waals surface area contributed by atoms with E-state index in [1.807, 2.05) is 19.1 Å². The molecule has 14 heavy (non-hydrogen) atoms. The molecule has 0 N–H and O–H groups in total. The lowest BCUT2D eigenvalue weighted by Crippen LogP contribution is -2.03. The fourth-order valence-electron chi connectivity index (χ4n) is 1.71. The van der Waals surface area contributed by atoms with Gasteiger partial charge in [0, 0.05) is 0 Å². The minimum atomic E-state index is -0.0479. The largest absolute Gasteiger partial charge is 0.207 e. The third-order valence-electron chi connectivity index (χ3n) is 2.83. The number of halogens is 1. The summed E-state index contributed by atoms with van der Waals surface area (Å²) in [6, 6.07) is 5.42. The third kappa shape index (κ3) is 2.57. The molecule has 1 heteroatoms. The van der Waals surface area contributed by atoms with E-state index in [2.05, 4.69) is 13.8 Å². The van der Waals surface area contributed by atoms with Crippen LogP contribution in [0, 0.1) is 11.7 Å². The van der Waals surface area contributed by atoms with Crippen molar-refractivity contribution >= 4 is 0 Å². The quantitative estimate of drug-likeness (QED) is 0.680. The topological polar surface area (TPSA) is 0 Å². The predicted octanol–water partition coefficient (Wildman–Crippen LogP) is 3.98. The second-order valence-electron chi connectivity index (χ2n) is 3.95. The Morgan fingerprint density at radius 3 is 2.57 bits per heavy atom. The third-order valence-corrected chi connectivity index (χ3v) is 2.83. The maximum absolute atomic E-state index is 13.4. The summed E-state index contributed by atoms with van der Waals surface area (Å²) in [5.74, 6) is 0.593. The standard InChI is InChI=1S/C13H19F/c1-4-10(3)9-11-7-6-8-13(14)12(11)5-2/h6-8,10H,4-5,9H2,1-3H3. The van der Waals surface area contributed by atoms with Gasteiger partial charge in [0.15, 0.2) is 0 Å². The summed E-state index contributed by atoms with van der Waals surface area (Å²) < 4.78 is 13.4. The molecule has 1 rings (SSSR count). The van der Waals surface area contributed by atoms with E-state index in [0.29, 0.717) is 5.92 Å². The van der Waals surface area contributed by atoms with Gasteiger partial charge in [0.2, 0.25) is 0 Å². The Kier molecular flexibility index (Phi) is 4.12. The summed E-state index contributed by atoms with van der Waals surface area (Å²) in [7, 11) is 0. The molecule has 0 aliphatic carbocycles. The Morgan fingerprint density at radius 1 is 1.29 bits per heavy atom. The SMILES string of the molecule is CCc1c(F)cccc1CC(C)CC. The second kappa shape index (κ2) is 5.14. The van der Waals surface area contributed by atoms with Crippen molar-refractivity contribution in [3.8, 4) is 0 Å². The maximum Gasteiger partial charge on any atom is 0.126 e. The highest BCUT2D eigenvalue weighted by Crippen LogP contribution is 2.19. The highest BCUT2D eigenvalue weighted by molar-refractivity contribution is 5.29. The highest BCUT2D eigenvalue weighted by atomic mass is 19.1. The van der Waals surface area contributed by atoms with Crippen molar-refractivity contribution < 1.29 is 4.39 Å². The smallest absolute Gasteiger partial charge is 0.126 e. The van der Waals surface area contributed by atoms with Crippen molar-refractivity contribution in [1.29, 1.82) is 0 Å². The van der Waals surface area contributed by atoms with Crippen LogP contribution in [0.25, 0.3) is 0 Å². The first-order chi connectivity index (χ1) is 6.69. The summed E-state index contributed by atoms with van der Waals surface area (Å²) in [6.45, 7) is 6.40. The van der Waals surface area contributed by atoms with E-state index in [-0.39, 0.29) is 5.82 Å². The minimum Gasteiger partial charge on any atom is -0.207 e. The van der Waals surface area contributed by atoms with Crippen LogP contribution >= 0.6 is 0 Å². The van der Waals surface area contributed by atoms with Crippen LogP contribution in [0.1, 0.15) is 38.3 Å². The van der Waals surface area contributed by atoms with Crippen molar-refractivity contribution in [3.63, 3.8) is 0 Å². The molecule has 0 bridgehead atoms. The van der Waals surface area contributed by atoms with E-state index < -0.39 is 0 Å². The molecular formula is C13H19F. The van der Waals surface area contributed by atoms with Crippen molar-refractivity contribution in [2.24, 2.45) is 5.92 Å². The molecule has 1 atom stereocenters. The Labute approximate surface area is 86.2 Å². The van der Waals surface area contributed by atoms with Crippen LogP contribution in [0.2, 0.25) is 0 Å². The molecule has 0 amide bonds. The molecular weight excluding hydrogens is 175 g/mol. The molecule has 0 heterocycles. The van der Waals surface area contributed by atoms with Gasteiger partial charge in [0.05, 0.1) is 0 Å². The number of hydrogen-bond acceptors (Lipinski definition) is 0. The molecule has 1 aromatic carbocycles. The van der Waals surface area contributed by atoms with E-state index in [1.54, 1.807) is 6.07 Å². The van der Waals surface area contributed by atoms with Gasteiger partial charge < -0.3 is 0 Å².